The third kappa shape index (κ3) is 4.62. The molecule has 2 heterocycles. The molecule has 8 rings (SSSR count). The van der Waals surface area contributed by atoms with Gasteiger partial charge in [-0.3, -0.25) is 0 Å². The Hall–Kier alpha value is -5.74. The van der Waals surface area contributed by atoms with Crippen molar-refractivity contribution in [2.24, 2.45) is 0 Å². The van der Waals surface area contributed by atoms with E-state index < -0.39 is 0 Å². The van der Waals surface area contributed by atoms with Gasteiger partial charge in [0.15, 0.2) is 0 Å². The summed E-state index contributed by atoms with van der Waals surface area (Å²) >= 11 is 0. The first-order chi connectivity index (χ1) is 22.2. The fourth-order valence-electron chi connectivity index (χ4n) is 6.50. The third-order valence-corrected chi connectivity index (χ3v) is 8.94. The van der Waals surface area contributed by atoms with Crippen LogP contribution in [0.15, 0.2) is 146 Å². The molecule has 0 saturated carbocycles. The molecule has 0 amide bonds. The molecule has 222 valence electrons. The second-order valence-corrected chi connectivity index (χ2v) is 12.9. The summed E-state index contributed by atoms with van der Waals surface area (Å²) in [5.41, 5.74) is 6.24. The molecule has 0 fully saturated rings. The molecule has 4 heteroatoms. The molecule has 0 aliphatic heterocycles. The van der Waals surface area contributed by atoms with E-state index in [1.807, 2.05) is 91.0 Å². The van der Waals surface area contributed by atoms with E-state index in [2.05, 4.69) is 51.1 Å². The van der Waals surface area contributed by atoms with Gasteiger partial charge in [0.05, 0.1) is 11.1 Å². The zero-order valence-electron chi connectivity index (χ0n) is 25.8. The van der Waals surface area contributed by atoms with Crippen molar-refractivity contribution in [3.63, 3.8) is 0 Å². The van der Waals surface area contributed by atoms with Crippen LogP contribution in [0.5, 0.6) is 0 Å². The molecule has 0 spiro atoms. The highest BCUT2D eigenvalue weighted by Gasteiger charge is 2.17. The van der Waals surface area contributed by atoms with Crippen LogP contribution in [0.1, 0.15) is 26.3 Å². The van der Waals surface area contributed by atoms with E-state index in [1.54, 1.807) is 6.07 Å². The van der Waals surface area contributed by atoms with E-state index in [-0.39, 0.29) is 16.7 Å². The maximum atomic E-state index is 13.3. The van der Waals surface area contributed by atoms with Gasteiger partial charge in [-0.15, -0.1) is 0 Å². The molecular formula is C42H30O4. The zero-order valence-corrected chi connectivity index (χ0v) is 25.8. The molecule has 0 radical (unpaired) electrons. The Bertz CT molecular complexity index is 2610. The van der Waals surface area contributed by atoms with Crippen LogP contribution in [-0.4, -0.2) is 0 Å². The van der Waals surface area contributed by atoms with Crippen LogP contribution in [0.4, 0.5) is 0 Å². The molecule has 0 aliphatic rings. The van der Waals surface area contributed by atoms with Crippen LogP contribution in [0.25, 0.3) is 76.9 Å². The minimum atomic E-state index is -0.376. The van der Waals surface area contributed by atoms with Gasteiger partial charge >= 0.3 is 11.3 Å². The average molecular weight is 599 g/mol. The molecule has 46 heavy (non-hydrogen) atoms. The van der Waals surface area contributed by atoms with Crippen LogP contribution in [-0.2, 0) is 5.41 Å². The lowest BCUT2D eigenvalue weighted by Gasteiger charge is -2.19. The largest absolute Gasteiger partial charge is 0.422 e. The first-order valence-corrected chi connectivity index (χ1v) is 15.4. The minimum absolute atomic E-state index is 0.0302. The Morgan fingerprint density at radius 2 is 1.11 bits per heavy atom. The third-order valence-electron chi connectivity index (χ3n) is 8.94. The summed E-state index contributed by atoms with van der Waals surface area (Å²) in [4.78, 5) is 26.4. The fourth-order valence-corrected chi connectivity index (χ4v) is 6.50. The SMILES string of the molecule is CC(C)(C)c1ccc2c(ccc3oc(=O)c(-c4cccc(-c5cccc6c(-c7cc8ccccc8oc7=O)cccc56)c4)cc32)c1. The second-order valence-electron chi connectivity index (χ2n) is 12.9. The molecule has 2 aromatic heterocycles. The monoisotopic (exact) mass is 598 g/mol. The number of rotatable bonds is 3. The van der Waals surface area contributed by atoms with Gasteiger partial charge in [0.1, 0.15) is 11.2 Å². The molecular weight excluding hydrogens is 568 g/mol. The fraction of sp³-hybridized carbons (Fsp3) is 0.0952. The molecule has 8 aromatic rings. The predicted molar refractivity (Wildman–Crippen MR) is 189 cm³/mol. The lowest BCUT2D eigenvalue weighted by molar-refractivity contribution is 0.563. The molecule has 4 nitrogen and oxygen atoms in total. The van der Waals surface area contributed by atoms with Crippen molar-refractivity contribution in [2.45, 2.75) is 26.2 Å². The van der Waals surface area contributed by atoms with Crippen LogP contribution in [0.3, 0.4) is 0 Å². The highest BCUT2D eigenvalue weighted by molar-refractivity contribution is 6.07. The summed E-state index contributed by atoms with van der Waals surface area (Å²) in [6, 6.07) is 41.9. The lowest BCUT2D eigenvalue weighted by atomic mass is 9.85. The number of para-hydroxylation sites is 1. The van der Waals surface area contributed by atoms with Gasteiger partial charge in [-0.05, 0) is 85.1 Å². The van der Waals surface area contributed by atoms with Crippen molar-refractivity contribution >= 4 is 43.5 Å². The Morgan fingerprint density at radius 1 is 0.435 bits per heavy atom. The van der Waals surface area contributed by atoms with Crippen molar-refractivity contribution in [3.8, 4) is 33.4 Å². The molecule has 0 saturated heterocycles. The van der Waals surface area contributed by atoms with Gasteiger partial charge in [0, 0.05) is 10.8 Å². The molecule has 0 unspecified atom stereocenters. The summed E-state index contributed by atoms with van der Waals surface area (Å²) in [6.45, 7) is 6.61. The Labute approximate surface area is 265 Å². The van der Waals surface area contributed by atoms with Crippen molar-refractivity contribution in [3.05, 3.63) is 154 Å². The van der Waals surface area contributed by atoms with E-state index in [4.69, 9.17) is 8.83 Å². The summed E-state index contributed by atoms with van der Waals surface area (Å²) in [5.74, 6) is 0. The summed E-state index contributed by atoms with van der Waals surface area (Å²) in [5, 5.41) is 5.87. The van der Waals surface area contributed by atoms with E-state index >= 15 is 0 Å². The van der Waals surface area contributed by atoms with Crippen molar-refractivity contribution in [2.75, 3.05) is 0 Å². The van der Waals surface area contributed by atoms with E-state index in [0.717, 1.165) is 54.6 Å². The number of hydrogen-bond acceptors (Lipinski definition) is 4. The van der Waals surface area contributed by atoms with Gasteiger partial charge in [0.25, 0.3) is 0 Å². The van der Waals surface area contributed by atoms with Crippen LogP contribution in [0.2, 0.25) is 0 Å². The predicted octanol–water partition coefficient (Wildman–Crippen LogP) is 10.5. The van der Waals surface area contributed by atoms with Crippen molar-refractivity contribution in [1.82, 2.24) is 0 Å². The van der Waals surface area contributed by atoms with E-state index in [1.165, 1.54) is 5.56 Å². The van der Waals surface area contributed by atoms with Crippen molar-refractivity contribution < 1.29 is 8.83 Å². The van der Waals surface area contributed by atoms with Gasteiger partial charge in [-0.2, -0.15) is 0 Å². The normalized spacial score (nSPS) is 12.0. The smallest absolute Gasteiger partial charge is 0.344 e. The number of benzene rings is 6. The lowest BCUT2D eigenvalue weighted by Crippen LogP contribution is -2.10. The maximum Gasteiger partial charge on any atom is 0.344 e. The van der Waals surface area contributed by atoms with Gasteiger partial charge < -0.3 is 8.83 Å². The van der Waals surface area contributed by atoms with Crippen LogP contribution < -0.4 is 11.3 Å². The Balaban J connectivity index is 1.27. The molecule has 0 bridgehead atoms. The van der Waals surface area contributed by atoms with E-state index in [0.29, 0.717) is 22.3 Å². The molecule has 6 aromatic carbocycles. The van der Waals surface area contributed by atoms with Gasteiger partial charge in [0.2, 0.25) is 0 Å². The molecule has 0 N–H and O–H groups in total. The minimum Gasteiger partial charge on any atom is -0.422 e. The Kier molecular flexibility index (Phi) is 6.29. The number of fused-ring (bicyclic) bond motifs is 5. The number of hydrogen-bond donors (Lipinski definition) is 0. The summed E-state index contributed by atoms with van der Waals surface area (Å²) in [7, 11) is 0. The second kappa shape index (κ2) is 10.4. The first kappa shape index (κ1) is 27.8. The highest BCUT2D eigenvalue weighted by atomic mass is 16.4. The standard InChI is InChI=1S/C42H30O4/c1-42(2,3)29-18-19-31-27(22-29)17-20-39-36(31)24-35(40(43)46-39)26-11-6-10-25(21-26)30-12-7-14-33-32(30)13-8-15-34(33)37-23-28-9-4-5-16-38(28)45-41(37)44/h4-24H,1-3H3. The van der Waals surface area contributed by atoms with Crippen LogP contribution in [0, 0.1) is 0 Å². The Morgan fingerprint density at radius 3 is 1.91 bits per heavy atom. The van der Waals surface area contributed by atoms with E-state index in [9.17, 15) is 9.59 Å². The van der Waals surface area contributed by atoms with Crippen molar-refractivity contribution in [1.29, 1.82) is 0 Å². The van der Waals surface area contributed by atoms with Gasteiger partial charge in [-0.1, -0.05) is 118 Å². The summed E-state index contributed by atoms with van der Waals surface area (Å²) < 4.78 is 11.6. The van der Waals surface area contributed by atoms with Gasteiger partial charge in [-0.25, -0.2) is 9.59 Å². The summed E-state index contributed by atoms with van der Waals surface area (Å²) in [6.07, 6.45) is 0. The van der Waals surface area contributed by atoms with Crippen LogP contribution >= 0.6 is 0 Å². The highest BCUT2D eigenvalue weighted by Crippen LogP contribution is 2.37. The molecule has 0 aliphatic carbocycles. The molecule has 0 atom stereocenters. The maximum absolute atomic E-state index is 13.3. The quantitative estimate of drug-likeness (QED) is 0.150. The first-order valence-electron chi connectivity index (χ1n) is 15.4. The zero-order chi connectivity index (χ0) is 31.6. The topological polar surface area (TPSA) is 60.4 Å². The average Bonchev–Trinajstić information content (AvgIpc) is 3.06.